The van der Waals surface area contributed by atoms with E-state index < -0.39 is 11.9 Å². The van der Waals surface area contributed by atoms with Crippen LogP contribution in [0.25, 0.3) is 0 Å². The lowest BCUT2D eigenvalue weighted by molar-refractivity contribution is -0.133. The fourth-order valence-electron chi connectivity index (χ4n) is 0.479. The first-order valence-corrected chi connectivity index (χ1v) is 3.35. The van der Waals surface area contributed by atoms with Crippen molar-refractivity contribution in [1.29, 1.82) is 0 Å². The second kappa shape index (κ2) is 5.06. The maximum Gasteiger partial charge on any atom is 0.354 e. The lowest BCUT2D eigenvalue weighted by atomic mass is 10.4. The van der Waals surface area contributed by atoms with E-state index in [0.717, 1.165) is 6.08 Å². The van der Waals surface area contributed by atoms with Gasteiger partial charge in [-0.15, -0.1) is 0 Å². The number of hydrogen-bond acceptors (Lipinski definition) is 3. The van der Waals surface area contributed by atoms with E-state index in [1.807, 2.05) is 0 Å². The Balaban J connectivity index is 4.55. The number of carboxylic acids is 1. The third kappa shape index (κ3) is 4.21. The summed E-state index contributed by atoms with van der Waals surface area (Å²) >= 11 is 0. The molecule has 0 atom stereocenters. The zero-order valence-corrected chi connectivity index (χ0v) is 6.65. The van der Waals surface area contributed by atoms with Crippen molar-refractivity contribution in [2.24, 2.45) is 10.7 Å². The Morgan fingerprint density at radius 1 is 1.58 bits per heavy atom. The topological polar surface area (TPSA) is 92.8 Å². The van der Waals surface area contributed by atoms with Crippen LogP contribution in [0.3, 0.4) is 0 Å². The van der Waals surface area contributed by atoms with Crippen molar-refractivity contribution in [2.75, 3.05) is 0 Å². The number of nitrogens with zero attached hydrogens (tertiary/aromatic N) is 1. The lowest BCUT2D eigenvalue weighted by Crippen LogP contribution is -2.10. The van der Waals surface area contributed by atoms with Crippen molar-refractivity contribution < 1.29 is 14.7 Å². The second-order valence-electron chi connectivity index (χ2n) is 1.96. The van der Waals surface area contributed by atoms with Gasteiger partial charge in [-0.2, -0.15) is 0 Å². The molecule has 0 heterocycles. The number of primary amides is 1. The number of aliphatic carboxylic acids is 1. The van der Waals surface area contributed by atoms with Crippen LogP contribution in [0.2, 0.25) is 0 Å². The van der Waals surface area contributed by atoms with Crippen LogP contribution in [0, 0.1) is 0 Å². The van der Waals surface area contributed by atoms with E-state index in [4.69, 9.17) is 10.8 Å². The van der Waals surface area contributed by atoms with Gasteiger partial charge in [0.25, 0.3) is 0 Å². The van der Waals surface area contributed by atoms with Gasteiger partial charge in [0, 0.05) is 12.3 Å². The third-order valence-electron chi connectivity index (χ3n) is 0.911. The van der Waals surface area contributed by atoms with E-state index in [-0.39, 0.29) is 5.70 Å². The van der Waals surface area contributed by atoms with Gasteiger partial charge in [-0.3, -0.25) is 9.79 Å². The highest BCUT2D eigenvalue weighted by Crippen LogP contribution is 1.95. The Bertz CT molecular complexity index is 243. The highest BCUT2D eigenvalue weighted by molar-refractivity contribution is 5.97. The van der Waals surface area contributed by atoms with Gasteiger partial charge in [0.1, 0.15) is 0 Å². The largest absolute Gasteiger partial charge is 0.477 e. The van der Waals surface area contributed by atoms with E-state index >= 15 is 0 Å². The van der Waals surface area contributed by atoms with Gasteiger partial charge in [-0.1, -0.05) is 6.92 Å². The molecule has 0 saturated carbocycles. The minimum atomic E-state index is -1.27. The van der Waals surface area contributed by atoms with Gasteiger partial charge >= 0.3 is 5.97 Å². The first-order valence-electron chi connectivity index (χ1n) is 3.35. The van der Waals surface area contributed by atoms with Crippen molar-refractivity contribution in [1.82, 2.24) is 0 Å². The molecule has 0 fully saturated rings. The van der Waals surface area contributed by atoms with E-state index in [2.05, 4.69) is 4.99 Å². The molecule has 5 heteroatoms. The van der Waals surface area contributed by atoms with Crippen molar-refractivity contribution in [3.8, 4) is 0 Å². The molecule has 0 aliphatic rings. The van der Waals surface area contributed by atoms with Crippen LogP contribution < -0.4 is 5.73 Å². The monoisotopic (exact) mass is 170 g/mol. The fraction of sp³-hybridized carbons (Fsp3) is 0.286. The predicted molar refractivity (Wildman–Crippen MR) is 43.7 cm³/mol. The summed E-state index contributed by atoms with van der Waals surface area (Å²) < 4.78 is 0. The molecule has 5 nitrogen and oxygen atoms in total. The zero-order chi connectivity index (χ0) is 9.56. The van der Waals surface area contributed by atoms with Crippen LogP contribution in [-0.4, -0.2) is 23.2 Å². The molecule has 0 saturated heterocycles. The molecule has 0 bridgehead atoms. The molecule has 3 N–H and O–H groups in total. The van der Waals surface area contributed by atoms with Gasteiger partial charge in [-0.05, 0) is 6.42 Å². The number of carbonyl (C=O) groups is 2. The van der Waals surface area contributed by atoms with E-state index in [1.165, 1.54) is 6.21 Å². The maximum atomic E-state index is 10.4. The summed E-state index contributed by atoms with van der Waals surface area (Å²) in [6.07, 6.45) is 2.76. The first-order chi connectivity index (χ1) is 5.57. The van der Waals surface area contributed by atoms with Gasteiger partial charge in [0.15, 0.2) is 5.70 Å². The molecule has 0 rings (SSSR count). The molecule has 0 unspecified atom stereocenters. The molecule has 0 aromatic carbocycles. The smallest absolute Gasteiger partial charge is 0.354 e. The minimum absolute atomic E-state index is 0.343. The Morgan fingerprint density at radius 3 is 2.50 bits per heavy atom. The standard InChI is InChI=1S/C7H10N2O3/c1-2-3-9-5(7(11)12)4-6(8)10/h3-4H,2H2,1H3,(H2,8,10)(H,11,12)/b5-4+,9-3?. The van der Waals surface area contributed by atoms with E-state index in [0.29, 0.717) is 6.42 Å². The fourth-order valence-corrected chi connectivity index (χ4v) is 0.479. The van der Waals surface area contributed by atoms with Crippen molar-refractivity contribution in [2.45, 2.75) is 13.3 Å². The molecule has 0 radical (unpaired) electrons. The number of nitrogens with two attached hydrogens (primary N) is 1. The number of rotatable bonds is 4. The predicted octanol–water partition coefficient (Wildman–Crippen LogP) is -0.0790. The Hall–Kier alpha value is -1.65. The van der Waals surface area contributed by atoms with Gasteiger partial charge in [0.05, 0.1) is 0 Å². The summed E-state index contributed by atoms with van der Waals surface area (Å²) in [6.45, 7) is 1.80. The SMILES string of the molecule is CCC=N/C(=C/C(N)=O)C(=O)O. The average Bonchev–Trinajstić information content (AvgIpc) is 1.96. The Labute approximate surface area is 69.6 Å². The molecule has 12 heavy (non-hydrogen) atoms. The van der Waals surface area contributed by atoms with Crippen LogP contribution in [0.5, 0.6) is 0 Å². The van der Waals surface area contributed by atoms with E-state index in [1.54, 1.807) is 6.92 Å². The van der Waals surface area contributed by atoms with Crippen molar-refractivity contribution in [3.63, 3.8) is 0 Å². The summed E-state index contributed by atoms with van der Waals surface area (Å²) in [5.41, 5.74) is 4.41. The van der Waals surface area contributed by atoms with Crippen molar-refractivity contribution in [3.05, 3.63) is 11.8 Å². The normalized spacial score (nSPS) is 11.9. The summed E-state index contributed by atoms with van der Waals surface area (Å²) in [7, 11) is 0. The molecule has 0 aliphatic heterocycles. The van der Waals surface area contributed by atoms with Crippen LogP contribution in [-0.2, 0) is 9.59 Å². The summed E-state index contributed by atoms with van der Waals surface area (Å²) in [5.74, 6) is -2.08. The Morgan fingerprint density at radius 2 is 2.17 bits per heavy atom. The van der Waals surface area contributed by atoms with Gasteiger partial charge < -0.3 is 10.8 Å². The second-order valence-corrected chi connectivity index (χ2v) is 1.96. The number of hydrogen-bond donors (Lipinski definition) is 2. The number of carboxylic acid groups (broad SMARTS) is 1. The molecule has 66 valence electrons. The molecule has 0 spiro atoms. The first kappa shape index (κ1) is 10.3. The summed E-state index contributed by atoms with van der Waals surface area (Å²) in [4.78, 5) is 24.2. The van der Waals surface area contributed by atoms with Crippen LogP contribution in [0.15, 0.2) is 16.8 Å². The average molecular weight is 170 g/mol. The number of carbonyl (C=O) groups excluding carboxylic acids is 1. The highest BCUT2D eigenvalue weighted by atomic mass is 16.4. The molecule has 0 aromatic rings. The van der Waals surface area contributed by atoms with Gasteiger partial charge in [-0.25, -0.2) is 4.79 Å². The summed E-state index contributed by atoms with van der Waals surface area (Å²) in [6, 6.07) is 0. The summed E-state index contributed by atoms with van der Waals surface area (Å²) in [5, 5.41) is 8.46. The molecule has 1 amide bonds. The molecule has 0 aromatic heterocycles. The van der Waals surface area contributed by atoms with Crippen LogP contribution >= 0.6 is 0 Å². The zero-order valence-electron chi connectivity index (χ0n) is 6.65. The molecular formula is C7H10N2O3. The molecule has 0 aliphatic carbocycles. The van der Waals surface area contributed by atoms with Crippen molar-refractivity contribution >= 4 is 18.1 Å². The highest BCUT2D eigenvalue weighted by Gasteiger charge is 2.05. The number of aliphatic imine (C=N–C) groups is 1. The molecular weight excluding hydrogens is 160 g/mol. The quantitative estimate of drug-likeness (QED) is 0.456. The van der Waals surface area contributed by atoms with Crippen LogP contribution in [0.4, 0.5) is 0 Å². The number of amides is 1. The Kier molecular flexibility index (Phi) is 4.36. The maximum absolute atomic E-state index is 10.4. The van der Waals surface area contributed by atoms with Gasteiger partial charge in [0.2, 0.25) is 5.91 Å². The van der Waals surface area contributed by atoms with Crippen LogP contribution in [0.1, 0.15) is 13.3 Å². The minimum Gasteiger partial charge on any atom is -0.477 e. The van der Waals surface area contributed by atoms with E-state index in [9.17, 15) is 9.59 Å². The third-order valence-corrected chi connectivity index (χ3v) is 0.911. The lowest BCUT2D eigenvalue weighted by Gasteiger charge is -1.91.